The normalized spacial score (nSPS) is 19.9. The van der Waals surface area contributed by atoms with Crippen molar-refractivity contribution in [3.05, 3.63) is 35.9 Å². The first kappa shape index (κ1) is 11.6. The SMILES string of the molecule is CN(C)CC1(c2ccccc2)CCNCC1. The summed E-state index contributed by atoms with van der Waals surface area (Å²) in [5.74, 6) is 0. The molecule has 1 aliphatic rings. The van der Waals surface area contributed by atoms with Crippen molar-refractivity contribution in [3.63, 3.8) is 0 Å². The second kappa shape index (κ2) is 4.98. The number of nitrogens with zero attached hydrogens (tertiary/aromatic N) is 1. The number of hydrogen-bond donors (Lipinski definition) is 1. The van der Waals surface area contributed by atoms with Crippen LogP contribution in [0.25, 0.3) is 0 Å². The van der Waals surface area contributed by atoms with Crippen molar-refractivity contribution >= 4 is 0 Å². The fourth-order valence-electron chi connectivity index (χ4n) is 2.84. The Morgan fingerprint density at radius 2 is 1.75 bits per heavy atom. The van der Waals surface area contributed by atoms with Crippen LogP contribution in [0.3, 0.4) is 0 Å². The van der Waals surface area contributed by atoms with Crippen LogP contribution < -0.4 is 5.32 Å². The van der Waals surface area contributed by atoms with Gasteiger partial charge in [0.25, 0.3) is 0 Å². The molecule has 2 heteroatoms. The Morgan fingerprint density at radius 1 is 1.12 bits per heavy atom. The fourth-order valence-corrected chi connectivity index (χ4v) is 2.84. The van der Waals surface area contributed by atoms with Gasteiger partial charge in [-0.1, -0.05) is 30.3 Å². The molecule has 0 unspecified atom stereocenters. The molecule has 1 aromatic rings. The van der Waals surface area contributed by atoms with E-state index in [9.17, 15) is 0 Å². The molecule has 0 spiro atoms. The molecule has 2 rings (SSSR count). The lowest BCUT2D eigenvalue weighted by atomic mass is 9.73. The Labute approximate surface area is 98.7 Å². The Bertz CT molecular complexity index is 313. The van der Waals surface area contributed by atoms with Crippen LogP contribution in [0.4, 0.5) is 0 Å². The lowest BCUT2D eigenvalue weighted by Gasteiger charge is -2.40. The molecule has 0 bridgehead atoms. The highest BCUT2D eigenvalue weighted by atomic mass is 15.1. The number of piperidine rings is 1. The van der Waals surface area contributed by atoms with Crippen molar-refractivity contribution in [2.75, 3.05) is 33.7 Å². The maximum absolute atomic E-state index is 3.46. The number of rotatable bonds is 3. The van der Waals surface area contributed by atoms with E-state index in [-0.39, 0.29) is 0 Å². The average Bonchev–Trinajstić information content (AvgIpc) is 2.30. The van der Waals surface area contributed by atoms with Crippen molar-refractivity contribution < 1.29 is 0 Å². The van der Waals surface area contributed by atoms with Crippen molar-refractivity contribution in [3.8, 4) is 0 Å². The lowest BCUT2D eigenvalue weighted by Crippen LogP contribution is -2.46. The molecule has 0 atom stereocenters. The molecule has 1 aromatic carbocycles. The Morgan fingerprint density at radius 3 is 2.31 bits per heavy atom. The molecule has 1 N–H and O–H groups in total. The average molecular weight is 218 g/mol. The summed E-state index contributed by atoms with van der Waals surface area (Å²) in [4.78, 5) is 2.32. The molecule has 2 nitrogen and oxygen atoms in total. The summed E-state index contributed by atoms with van der Waals surface area (Å²) in [5.41, 5.74) is 1.86. The second-order valence-corrected chi connectivity index (χ2v) is 5.13. The summed E-state index contributed by atoms with van der Waals surface area (Å²) in [5, 5.41) is 3.46. The van der Waals surface area contributed by atoms with Gasteiger partial charge in [-0.25, -0.2) is 0 Å². The Hall–Kier alpha value is -0.860. The molecule has 0 radical (unpaired) electrons. The summed E-state index contributed by atoms with van der Waals surface area (Å²) in [7, 11) is 4.35. The van der Waals surface area contributed by atoms with Gasteiger partial charge in [-0.3, -0.25) is 0 Å². The summed E-state index contributed by atoms with van der Waals surface area (Å²) < 4.78 is 0. The Balaban J connectivity index is 2.26. The molecule has 1 fully saturated rings. The first-order valence-corrected chi connectivity index (χ1v) is 6.14. The molecule has 16 heavy (non-hydrogen) atoms. The number of hydrogen-bond acceptors (Lipinski definition) is 2. The van der Waals surface area contributed by atoms with Crippen LogP contribution in [0.2, 0.25) is 0 Å². The third-order valence-corrected chi connectivity index (χ3v) is 3.57. The number of nitrogens with one attached hydrogen (secondary N) is 1. The molecule has 0 saturated carbocycles. The lowest BCUT2D eigenvalue weighted by molar-refractivity contribution is 0.225. The highest BCUT2D eigenvalue weighted by Gasteiger charge is 2.33. The fraction of sp³-hybridized carbons (Fsp3) is 0.571. The quantitative estimate of drug-likeness (QED) is 0.833. The van der Waals surface area contributed by atoms with Gasteiger partial charge < -0.3 is 10.2 Å². The van der Waals surface area contributed by atoms with Crippen molar-refractivity contribution in [2.24, 2.45) is 0 Å². The maximum atomic E-state index is 3.46. The van der Waals surface area contributed by atoms with Crippen LogP contribution in [0, 0.1) is 0 Å². The highest BCUT2D eigenvalue weighted by Crippen LogP contribution is 2.33. The van der Waals surface area contributed by atoms with Crippen LogP contribution in [0.5, 0.6) is 0 Å². The van der Waals surface area contributed by atoms with Gasteiger partial charge in [-0.05, 0) is 45.6 Å². The summed E-state index contributed by atoms with van der Waals surface area (Å²) in [6.45, 7) is 3.43. The van der Waals surface area contributed by atoms with E-state index < -0.39 is 0 Å². The molecular formula is C14H22N2. The molecule has 1 saturated heterocycles. The highest BCUT2D eigenvalue weighted by molar-refractivity contribution is 5.26. The van der Waals surface area contributed by atoms with Crippen LogP contribution in [-0.2, 0) is 5.41 Å². The van der Waals surface area contributed by atoms with Gasteiger partial charge in [0.05, 0.1) is 0 Å². The summed E-state index contributed by atoms with van der Waals surface area (Å²) >= 11 is 0. The van der Waals surface area contributed by atoms with Gasteiger partial charge >= 0.3 is 0 Å². The van der Waals surface area contributed by atoms with Crippen molar-refractivity contribution in [1.82, 2.24) is 10.2 Å². The zero-order valence-corrected chi connectivity index (χ0v) is 10.4. The smallest absolute Gasteiger partial charge is 0.0104 e. The minimum Gasteiger partial charge on any atom is -0.317 e. The minimum absolute atomic E-state index is 0.357. The molecular weight excluding hydrogens is 196 g/mol. The molecule has 0 aliphatic carbocycles. The third kappa shape index (κ3) is 2.45. The monoisotopic (exact) mass is 218 g/mol. The summed E-state index contributed by atoms with van der Waals surface area (Å²) in [6, 6.07) is 11.0. The van der Waals surface area contributed by atoms with E-state index in [4.69, 9.17) is 0 Å². The van der Waals surface area contributed by atoms with Gasteiger partial charge in [0.15, 0.2) is 0 Å². The van der Waals surface area contributed by atoms with E-state index in [1.807, 2.05) is 0 Å². The minimum atomic E-state index is 0.357. The second-order valence-electron chi connectivity index (χ2n) is 5.13. The predicted octanol–water partition coefficient (Wildman–Crippen LogP) is 1.87. The van der Waals surface area contributed by atoms with Crippen molar-refractivity contribution in [1.29, 1.82) is 0 Å². The van der Waals surface area contributed by atoms with Gasteiger partial charge in [0.2, 0.25) is 0 Å². The van der Waals surface area contributed by atoms with Gasteiger partial charge in [-0.15, -0.1) is 0 Å². The molecule has 88 valence electrons. The predicted molar refractivity (Wildman–Crippen MR) is 68.8 cm³/mol. The molecule has 1 aliphatic heterocycles. The van der Waals surface area contributed by atoms with Crippen molar-refractivity contribution in [2.45, 2.75) is 18.3 Å². The van der Waals surface area contributed by atoms with E-state index in [0.29, 0.717) is 5.41 Å². The van der Waals surface area contributed by atoms with E-state index in [2.05, 4.69) is 54.6 Å². The van der Waals surface area contributed by atoms with Gasteiger partial charge in [-0.2, -0.15) is 0 Å². The van der Waals surface area contributed by atoms with E-state index in [1.54, 1.807) is 0 Å². The van der Waals surface area contributed by atoms with Gasteiger partial charge in [0.1, 0.15) is 0 Å². The maximum Gasteiger partial charge on any atom is 0.0104 e. The first-order chi connectivity index (χ1) is 7.73. The standard InChI is InChI=1S/C14H22N2/c1-16(2)12-14(8-10-15-11-9-14)13-6-4-3-5-7-13/h3-7,15H,8-12H2,1-2H3. The van der Waals surface area contributed by atoms with E-state index >= 15 is 0 Å². The topological polar surface area (TPSA) is 15.3 Å². The zero-order chi connectivity index (χ0) is 11.4. The zero-order valence-electron chi connectivity index (χ0n) is 10.4. The molecule has 0 aromatic heterocycles. The van der Waals surface area contributed by atoms with Crippen LogP contribution in [0.1, 0.15) is 18.4 Å². The largest absolute Gasteiger partial charge is 0.317 e. The van der Waals surface area contributed by atoms with E-state index in [0.717, 1.165) is 19.6 Å². The van der Waals surface area contributed by atoms with Gasteiger partial charge in [0, 0.05) is 12.0 Å². The number of likely N-dealkylation sites (N-methyl/N-ethyl adjacent to an activating group) is 1. The Kier molecular flexibility index (Phi) is 3.62. The van der Waals surface area contributed by atoms with E-state index in [1.165, 1.54) is 18.4 Å². The summed E-state index contributed by atoms with van der Waals surface area (Å²) in [6.07, 6.45) is 2.49. The van der Waals surface area contributed by atoms with Crippen LogP contribution in [0.15, 0.2) is 30.3 Å². The molecule has 1 heterocycles. The molecule has 0 amide bonds. The van der Waals surface area contributed by atoms with Crippen LogP contribution >= 0.6 is 0 Å². The first-order valence-electron chi connectivity index (χ1n) is 6.14. The number of benzene rings is 1. The third-order valence-electron chi connectivity index (χ3n) is 3.57. The van der Waals surface area contributed by atoms with Crippen LogP contribution in [-0.4, -0.2) is 38.6 Å².